The highest BCUT2D eigenvalue weighted by atomic mass is 32.1. The van der Waals surface area contributed by atoms with Crippen molar-refractivity contribution >= 4 is 17.0 Å². The lowest BCUT2D eigenvalue weighted by molar-refractivity contribution is 0.271. The molecule has 0 atom stereocenters. The Hall–Kier alpha value is -2.81. The summed E-state index contributed by atoms with van der Waals surface area (Å²) in [5.41, 5.74) is 1.50. The molecule has 4 heterocycles. The quantitative estimate of drug-likeness (QED) is 0.550. The average molecular weight is 369 g/mol. The Morgan fingerprint density at radius 3 is 2.69 bits per heavy atom. The molecule has 4 aromatic heterocycles. The second-order valence-electron chi connectivity index (χ2n) is 7.01. The number of nitrogens with zero attached hydrogens (tertiary/aromatic N) is 7. The fraction of sp³-hybridized carbons (Fsp3) is 0.353. The van der Waals surface area contributed by atoms with Gasteiger partial charge in [-0.3, -0.25) is 4.68 Å². The Morgan fingerprint density at radius 1 is 1.19 bits per heavy atom. The van der Waals surface area contributed by atoms with Crippen LogP contribution in [-0.2, 0) is 19.1 Å². The molecule has 0 radical (unpaired) electrons. The molecule has 0 N–H and O–H groups in total. The molecule has 26 heavy (non-hydrogen) atoms. The molecule has 0 aliphatic heterocycles. The summed E-state index contributed by atoms with van der Waals surface area (Å²) in [6, 6.07) is 5.96. The molecule has 4 aromatic rings. The summed E-state index contributed by atoms with van der Waals surface area (Å²) in [4.78, 5) is 5.21. The van der Waals surface area contributed by atoms with Crippen molar-refractivity contribution in [2.24, 2.45) is 7.05 Å². The zero-order chi connectivity index (χ0) is 18.3. The topological polar surface area (TPSA) is 83.0 Å². The Balaban J connectivity index is 1.78. The first-order chi connectivity index (χ1) is 12.4. The van der Waals surface area contributed by atoms with Crippen molar-refractivity contribution in [3.8, 4) is 16.6 Å². The van der Waals surface area contributed by atoms with Gasteiger partial charge >= 0.3 is 0 Å². The van der Waals surface area contributed by atoms with Gasteiger partial charge in [-0.15, -0.1) is 26.6 Å². The third-order valence-electron chi connectivity index (χ3n) is 3.89. The molecule has 0 aliphatic rings. The molecule has 134 valence electrons. The highest BCUT2D eigenvalue weighted by Crippen LogP contribution is 2.32. The molecule has 9 heteroatoms. The fourth-order valence-corrected chi connectivity index (χ4v) is 3.30. The lowest BCUT2D eigenvalue weighted by Gasteiger charge is -2.21. The number of ether oxygens (including phenoxy) is 1. The summed E-state index contributed by atoms with van der Waals surface area (Å²) < 4.78 is 9.36. The molecule has 8 nitrogen and oxygen atoms in total. The van der Waals surface area contributed by atoms with Crippen LogP contribution in [0.4, 0.5) is 0 Å². The van der Waals surface area contributed by atoms with E-state index in [1.165, 1.54) is 0 Å². The molecule has 0 unspecified atom stereocenters. The van der Waals surface area contributed by atoms with E-state index in [9.17, 15) is 0 Å². The van der Waals surface area contributed by atoms with Crippen LogP contribution in [0.15, 0.2) is 29.9 Å². The molecule has 0 amide bonds. The van der Waals surface area contributed by atoms with Crippen LogP contribution in [0.3, 0.4) is 0 Å². The smallest absolute Gasteiger partial charge is 0.236 e. The van der Waals surface area contributed by atoms with Gasteiger partial charge in [0.1, 0.15) is 6.33 Å². The van der Waals surface area contributed by atoms with E-state index in [1.54, 1.807) is 26.9 Å². The summed E-state index contributed by atoms with van der Waals surface area (Å²) in [5, 5.41) is 19.5. The Bertz CT molecular complexity index is 1040. The lowest BCUT2D eigenvalue weighted by Crippen LogP contribution is -2.16. The van der Waals surface area contributed by atoms with E-state index in [0.717, 1.165) is 10.4 Å². The van der Waals surface area contributed by atoms with Crippen LogP contribution < -0.4 is 4.74 Å². The van der Waals surface area contributed by atoms with Crippen molar-refractivity contribution in [2.75, 3.05) is 0 Å². The van der Waals surface area contributed by atoms with Crippen LogP contribution in [0.5, 0.6) is 5.88 Å². The first kappa shape index (κ1) is 16.6. The minimum absolute atomic E-state index is 0.156. The van der Waals surface area contributed by atoms with Gasteiger partial charge in [0.2, 0.25) is 5.88 Å². The van der Waals surface area contributed by atoms with Crippen molar-refractivity contribution in [1.29, 1.82) is 0 Å². The first-order valence-corrected chi connectivity index (χ1v) is 9.08. The van der Waals surface area contributed by atoms with E-state index in [1.807, 2.05) is 30.6 Å². The predicted molar refractivity (Wildman–Crippen MR) is 98.1 cm³/mol. The maximum absolute atomic E-state index is 5.99. The van der Waals surface area contributed by atoms with Crippen molar-refractivity contribution in [2.45, 2.75) is 32.8 Å². The lowest BCUT2D eigenvalue weighted by atomic mass is 9.88. The van der Waals surface area contributed by atoms with E-state index >= 15 is 0 Å². The summed E-state index contributed by atoms with van der Waals surface area (Å²) in [5.74, 6) is 1.85. The van der Waals surface area contributed by atoms with Gasteiger partial charge in [-0.05, 0) is 22.9 Å². The van der Waals surface area contributed by atoms with Crippen LogP contribution in [0.1, 0.15) is 32.2 Å². The third kappa shape index (κ3) is 3.05. The SMILES string of the molecule is Cn1cnc(COc2nn3c(-c4cccs4)nnc3cc2C(C)(C)C)n1. The largest absolute Gasteiger partial charge is 0.468 e. The van der Waals surface area contributed by atoms with Crippen LogP contribution in [0.2, 0.25) is 0 Å². The van der Waals surface area contributed by atoms with Crippen LogP contribution in [-0.4, -0.2) is 34.6 Å². The van der Waals surface area contributed by atoms with Crippen LogP contribution in [0.25, 0.3) is 16.3 Å². The van der Waals surface area contributed by atoms with Crippen LogP contribution >= 0.6 is 11.3 Å². The third-order valence-corrected chi connectivity index (χ3v) is 4.76. The molecular weight excluding hydrogens is 350 g/mol. The van der Waals surface area contributed by atoms with Crippen LogP contribution in [0, 0.1) is 0 Å². The molecule has 0 aliphatic carbocycles. The van der Waals surface area contributed by atoms with Gasteiger partial charge in [-0.1, -0.05) is 26.8 Å². The number of hydrogen-bond acceptors (Lipinski definition) is 7. The Morgan fingerprint density at radius 2 is 2.04 bits per heavy atom. The van der Waals surface area contributed by atoms with Gasteiger partial charge in [-0.2, -0.15) is 9.61 Å². The molecule has 0 bridgehead atoms. The van der Waals surface area contributed by atoms with Crippen molar-refractivity contribution in [1.82, 2.24) is 34.6 Å². The highest BCUT2D eigenvalue weighted by molar-refractivity contribution is 7.13. The van der Waals surface area contributed by atoms with Gasteiger partial charge in [0.05, 0.1) is 4.88 Å². The first-order valence-electron chi connectivity index (χ1n) is 8.20. The maximum Gasteiger partial charge on any atom is 0.236 e. The number of aromatic nitrogens is 7. The molecule has 0 saturated heterocycles. The van der Waals surface area contributed by atoms with Gasteiger partial charge in [-0.25, -0.2) is 4.98 Å². The molecule has 0 spiro atoms. The minimum Gasteiger partial charge on any atom is -0.468 e. The summed E-state index contributed by atoms with van der Waals surface area (Å²) in [7, 11) is 1.83. The van der Waals surface area contributed by atoms with Gasteiger partial charge in [0.25, 0.3) is 0 Å². The zero-order valence-electron chi connectivity index (χ0n) is 15.0. The number of hydrogen-bond donors (Lipinski definition) is 0. The van der Waals surface area contributed by atoms with Crippen molar-refractivity contribution < 1.29 is 4.74 Å². The van der Waals surface area contributed by atoms with Gasteiger partial charge in [0, 0.05) is 12.6 Å². The van der Waals surface area contributed by atoms with E-state index in [-0.39, 0.29) is 12.0 Å². The zero-order valence-corrected chi connectivity index (χ0v) is 15.9. The second-order valence-corrected chi connectivity index (χ2v) is 7.95. The van der Waals surface area contributed by atoms with E-state index < -0.39 is 0 Å². The Kier molecular flexibility index (Phi) is 3.95. The van der Waals surface area contributed by atoms with E-state index in [2.05, 4.69) is 41.1 Å². The number of rotatable bonds is 4. The van der Waals surface area contributed by atoms with Crippen molar-refractivity contribution in [3.63, 3.8) is 0 Å². The normalized spacial score (nSPS) is 12.0. The predicted octanol–water partition coefficient (Wildman–Crippen LogP) is 2.86. The van der Waals surface area contributed by atoms with Gasteiger partial charge < -0.3 is 4.74 Å². The summed E-state index contributed by atoms with van der Waals surface area (Å²) in [6.45, 7) is 6.59. The van der Waals surface area contributed by atoms with Crippen molar-refractivity contribution in [3.05, 3.63) is 41.3 Å². The monoisotopic (exact) mass is 369 g/mol. The molecule has 0 aromatic carbocycles. The number of fused-ring (bicyclic) bond motifs is 1. The van der Waals surface area contributed by atoms with E-state index in [4.69, 9.17) is 9.84 Å². The molecular formula is C17H19N7OS. The minimum atomic E-state index is -0.156. The second kappa shape index (κ2) is 6.17. The molecule has 4 rings (SSSR count). The maximum atomic E-state index is 5.99. The molecule has 0 saturated carbocycles. The summed E-state index contributed by atoms with van der Waals surface area (Å²) in [6.07, 6.45) is 1.65. The van der Waals surface area contributed by atoms with E-state index in [0.29, 0.717) is 23.2 Å². The highest BCUT2D eigenvalue weighted by Gasteiger charge is 2.24. The van der Waals surface area contributed by atoms with Gasteiger partial charge in [0.15, 0.2) is 23.9 Å². The fourth-order valence-electron chi connectivity index (χ4n) is 2.60. The molecule has 0 fully saturated rings. The summed E-state index contributed by atoms with van der Waals surface area (Å²) >= 11 is 1.60. The average Bonchev–Trinajstić information content (AvgIpc) is 3.31. The Labute approximate surface area is 154 Å². The number of thiophene rings is 1. The number of aryl methyl sites for hydroxylation is 1. The standard InChI is InChI=1S/C17H19N7OS/c1-17(2,3)11-8-14-19-20-15(12-6-5-7-26-12)24(14)22-16(11)25-9-13-18-10-23(4)21-13/h5-8,10H,9H2,1-4H3.